The summed E-state index contributed by atoms with van der Waals surface area (Å²) < 4.78 is 24.0. The minimum Gasteiger partial charge on any atom is -0.347 e. The van der Waals surface area contributed by atoms with Crippen LogP contribution in [-0.4, -0.2) is 45.1 Å². The van der Waals surface area contributed by atoms with Crippen LogP contribution in [0.4, 0.5) is 0 Å². The van der Waals surface area contributed by atoms with Crippen LogP contribution in [0.2, 0.25) is 0 Å². The highest BCUT2D eigenvalue weighted by atomic mass is 32.2. The zero-order chi connectivity index (χ0) is 10.9. The Kier molecular flexibility index (Phi) is 3.46. The molecule has 0 aliphatic rings. The van der Waals surface area contributed by atoms with Gasteiger partial charge in [0, 0.05) is 14.1 Å². The van der Waals surface area contributed by atoms with E-state index in [9.17, 15) is 13.2 Å². The van der Waals surface area contributed by atoms with Crippen molar-refractivity contribution in [2.45, 2.75) is 19.4 Å². The molecule has 5 nitrogen and oxygen atoms in total. The normalized spacial score (nSPS) is 12.7. The zero-order valence-corrected chi connectivity index (χ0v) is 9.40. The molecule has 0 rings (SSSR count). The van der Waals surface area contributed by atoms with Gasteiger partial charge in [-0.1, -0.05) is 0 Å². The van der Waals surface area contributed by atoms with Crippen LogP contribution in [0.5, 0.6) is 0 Å². The summed E-state index contributed by atoms with van der Waals surface area (Å²) in [5, 5.41) is 0. The Hall–Kier alpha value is -0.620. The van der Waals surface area contributed by atoms with E-state index in [1.54, 1.807) is 14.1 Å². The van der Waals surface area contributed by atoms with Crippen molar-refractivity contribution >= 4 is 15.9 Å². The summed E-state index contributed by atoms with van der Waals surface area (Å²) in [5.41, 5.74) is -1.09. The fourth-order valence-corrected chi connectivity index (χ4v) is 2.08. The maximum atomic E-state index is 11.4. The van der Waals surface area contributed by atoms with Crippen molar-refractivity contribution in [2.75, 3.05) is 20.4 Å². The van der Waals surface area contributed by atoms with Gasteiger partial charge in [0.2, 0.25) is 15.9 Å². The fourth-order valence-electron chi connectivity index (χ4n) is 1.07. The average Bonchev–Trinajstić information content (AvgIpc) is 1.80. The maximum absolute atomic E-state index is 11.4. The van der Waals surface area contributed by atoms with Gasteiger partial charge in [0.25, 0.3) is 0 Å². The molecule has 0 aliphatic carbocycles. The second-order valence-corrected chi connectivity index (χ2v) is 5.45. The van der Waals surface area contributed by atoms with Gasteiger partial charge in [0.05, 0.1) is 6.26 Å². The van der Waals surface area contributed by atoms with Gasteiger partial charge in [0.15, 0.2) is 0 Å². The average molecular weight is 208 g/mol. The molecule has 0 spiro atoms. The molecule has 0 saturated carbocycles. The smallest absolute Gasteiger partial charge is 0.242 e. The van der Waals surface area contributed by atoms with Crippen molar-refractivity contribution in [1.29, 1.82) is 0 Å². The minimum absolute atomic E-state index is 0.280. The predicted molar refractivity (Wildman–Crippen MR) is 50.8 cm³/mol. The first-order valence-electron chi connectivity index (χ1n) is 3.77. The molecule has 0 aliphatic heterocycles. The molecule has 0 fully saturated rings. The van der Waals surface area contributed by atoms with Crippen LogP contribution >= 0.6 is 0 Å². The Morgan fingerprint density at radius 3 is 1.92 bits per heavy atom. The summed E-state index contributed by atoms with van der Waals surface area (Å²) in [6.45, 7) is 3.05. The Balaban J connectivity index is 4.69. The van der Waals surface area contributed by atoms with Gasteiger partial charge in [0.1, 0.15) is 5.54 Å². The Morgan fingerprint density at radius 1 is 1.31 bits per heavy atom. The zero-order valence-electron chi connectivity index (χ0n) is 8.58. The number of amides is 1. The molecule has 1 N–H and O–H groups in total. The monoisotopic (exact) mass is 208 g/mol. The van der Waals surface area contributed by atoms with E-state index < -0.39 is 15.6 Å². The molecular formula is C7H16N2O3S. The van der Waals surface area contributed by atoms with Gasteiger partial charge in [-0.2, -0.15) is 0 Å². The molecule has 0 heterocycles. The Bertz CT molecular complexity index is 293. The first-order chi connectivity index (χ1) is 5.56. The first kappa shape index (κ1) is 12.4. The molecule has 6 heteroatoms. The number of nitrogens with one attached hydrogen (secondary N) is 1. The summed E-state index contributed by atoms with van der Waals surface area (Å²) in [7, 11) is -0.203. The van der Waals surface area contributed by atoms with Crippen LogP contribution in [0.1, 0.15) is 13.8 Å². The van der Waals surface area contributed by atoms with Gasteiger partial charge < -0.3 is 4.90 Å². The summed E-state index contributed by atoms with van der Waals surface area (Å²) in [4.78, 5) is 12.8. The molecule has 13 heavy (non-hydrogen) atoms. The van der Waals surface area contributed by atoms with Crippen molar-refractivity contribution in [3.05, 3.63) is 0 Å². The highest BCUT2D eigenvalue weighted by Gasteiger charge is 2.31. The molecule has 0 bridgehead atoms. The van der Waals surface area contributed by atoms with E-state index in [1.807, 2.05) is 0 Å². The van der Waals surface area contributed by atoms with Gasteiger partial charge in [-0.3, -0.25) is 4.79 Å². The standard InChI is InChI=1S/C7H16N2O3S/c1-7(2,6(10)9(3)4)8-13(5,11)12/h8H,1-5H3. The van der Waals surface area contributed by atoms with Crippen molar-refractivity contribution in [3.8, 4) is 0 Å². The van der Waals surface area contributed by atoms with Crippen LogP contribution in [0.25, 0.3) is 0 Å². The van der Waals surface area contributed by atoms with Crippen molar-refractivity contribution in [3.63, 3.8) is 0 Å². The first-order valence-corrected chi connectivity index (χ1v) is 5.66. The lowest BCUT2D eigenvalue weighted by molar-refractivity contribution is -0.133. The number of likely N-dealkylation sites (N-methyl/N-ethyl adjacent to an activating group) is 1. The third-order valence-electron chi connectivity index (χ3n) is 1.38. The van der Waals surface area contributed by atoms with Gasteiger partial charge >= 0.3 is 0 Å². The largest absolute Gasteiger partial charge is 0.347 e. The van der Waals surface area contributed by atoms with Gasteiger partial charge in [-0.15, -0.1) is 0 Å². The van der Waals surface area contributed by atoms with Crippen LogP contribution in [0.3, 0.4) is 0 Å². The van der Waals surface area contributed by atoms with Crippen LogP contribution in [0.15, 0.2) is 0 Å². The second kappa shape index (κ2) is 3.63. The number of hydrogen-bond acceptors (Lipinski definition) is 3. The van der Waals surface area contributed by atoms with Crippen LogP contribution in [0, 0.1) is 0 Å². The lowest BCUT2D eigenvalue weighted by Gasteiger charge is -2.26. The number of nitrogens with zero attached hydrogens (tertiary/aromatic N) is 1. The second-order valence-electron chi connectivity index (χ2n) is 3.70. The van der Waals surface area contributed by atoms with Crippen LogP contribution < -0.4 is 4.72 Å². The molecule has 0 saturated heterocycles. The molecule has 78 valence electrons. The Labute approximate surface area is 79.2 Å². The number of hydrogen-bond donors (Lipinski definition) is 1. The number of sulfonamides is 1. The van der Waals surface area contributed by atoms with E-state index in [0.717, 1.165) is 6.26 Å². The lowest BCUT2D eigenvalue weighted by atomic mass is 10.1. The number of carbonyl (C=O) groups is 1. The molecule has 0 aromatic heterocycles. The van der Waals surface area contributed by atoms with E-state index in [2.05, 4.69) is 4.72 Å². The summed E-state index contributed by atoms with van der Waals surface area (Å²) >= 11 is 0. The number of carbonyl (C=O) groups excluding carboxylic acids is 1. The van der Waals surface area contributed by atoms with Crippen LogP contribution in [-0.2, 0) is 14.8 Å². The van der Waals surface area contributed by atoms with Crippen molar-refractivity contribution < 1.29 is 13.2 Å². The molecule has 0 aromatic carbocycles. The SMILES string of the molecule is CN(C)C(=O)C(C)(C)NS(C)(=O)=O. The van der Waals surface area contributed by atoms with Gasteiger partial charge in [-0.05, 0) is 13.8 Å². The molecule has 0 radical (unpaired) electrons. The highest BCUT2D eigenvalue weighted by molar-refractivity contribution is 7.88. The maximum Gasteiger partial charge on any atom is 0.242 e. The highest BCUT2D eigenvalue weighted by Crippen LogP contribution is 2.06. The topological polar surface area (TPSA) is 66.5 Å². The lowest BCUT2D eigenvalue weighted by Crippen LogP contribution is -2.53. The molecule has 0 atom stereocenters. The predicted octanol–water partition coefficient (Wildman–Crippen LogP) is -0.598. The molecule has 0 aromatic rings. The quantitative estimate of drug-likeness (QED) is 0.673. The van der Waals surface area contributed by atoms with Gasteiger partial charge in [-0.25, -0.2) is 13.1 Å². The molecular weight excluding hydrogens is 192 g/mol. The summed E-state index contributed by atoms with van der Waals surface area (Å²) in [5.74, 6) is -0.280. The third-order valence-corrected chi connectivity index (χ3v) is 2.26. The summed E-state index contributed by atoms with van der Waals surface area (Å²) in [6.07, 6.45) is 1.03. The van der Waals surface area contributed by atoms with Crippen molar-refractivity contribution in [2.24, 2.45) is 0 Å². The molecule has 0 unspecified atom stereocenters. The van der Waals surface area contributed by atoms with E-state index in [-0.39, 0.29) is 5.91 Å². The van der Waals surface area contributed by atoms with E-state index in [1.165, 1.54) is 18.7 Å². The fraction of sp³-hybridized carbons (Fsp3) is 0.857. The van der Waals surface area contributed by atoms with E-state index in [0.29, 0.717) is 0 Å². The van der Waals surface area contributed by atoms with E-state index >= 15 is 0 Å². The number of rotatable bonds is 3. The molecule has 1 amide bonds. The summed E-state index contributed by atoms with van der Waals surface area (Å²) in [6, 6.07) is 0. The third kappa shape index (κ3) is 4.23. The minimum atomic E-state index is -3.36. The van der Waals surface area contributed by atoms with E-state index in [4.69, 9.17) is 0 Å². The Morgan fingerprint density at radius 2 is 1.69 bits per heavy atom. The van der Waals surface area contributed by atoms with Crippen molar-refractivity contribution in [1.82, 2.24) is 9.62 Å².